The molecule has 0 spiro atoms. The van der Waals surface area contributed by atoms with E-state index >= 15 is 0 Å². The van der Waals surface area contributed by atoms with E-state index in [9.17, 15) is 9.18 Å². The number of hydrogen-bond acceptors (Lipinski definition) is 4. The number of benzene rings is 1. The molecule has 1 aliphatic carbocycles. The van der Waals surface area contributed by atoms with E-state index in [1.165, 1.54) is 17.7 Å². The van der Waals surface area contributed by atoms with Crippen molar-refractivity contribution in [1.82, 2.24) is 0 Å². The number of fused-ring (bicyclic) bond motifs is 1. The van der Waals surface area contributed by atoms with Crippen LogP contribution in [-0.4, -0.2) is 24.1 Å². The van der Waals surface area contributed by atoms with E-state index < -0.39 is 11.8 Å². The van der Waals surface area contributed by atoms with Crippen molar-refractivity contribution in [3.63, 3.8) is 0 Å². The molecule has 0 N–H and O–H groups in total. The number of halogens is 2. The molecule has 6 heteroatoms. The van der Waals surface area contributed by atoms with Crippen LogP contribution in [0.15, 0.2) is 36.2 Å². The molecule has 26 heavy (non-hydrogen) atoms. The highest BCUT2D eigenvalue weighted by Gasteiger charge is 2.33. The molecule has 1 saturated carbocycles. The Morgan fingerprint density at radius 3 is 2.96 bits per heavy atom. The topological polar surface area (TPSA) is 29.5 Å². The summed E-state index contributed by atoms with van der Waals surface area (Å²) in [5.41, 5.74) is 2.62. The van der Waals surface area contributed by atoms with E-state index in [1.807, 2.05) is 19.4 Å². The van der Waals surface area contributed by atoms with Crippen molar-refractivity contribution in [1.29, 1.82) is 0 Å². The Hall–Kier alpha value is -1.46. The third-order valence-electron chi connectivity index (χ3n) is 4.89. The van der Waals surface area contributed by atoms with Crippen molar-refractivity contribution in [2.75, 3.05) is 16.9 Å². The molecule has 1 aromatic carbocycles. The summed E-state index contributed by atoms with van der Waals surface area (Å²) in [6.07, 6.45) is 8.02. The fraction of sp³-hybridized carbons (Fsp3) is 0.450. The quantitative estimate of drug-likeness (QED) is 0.589. The average Bonchev–Trinajstić information content (AvgIpc) is 2.92. The van der Waals surface area contributed by atoms with Crippen molar-refractivity contribution < 1.29 is 13.9 Å². The van der Waals surface area contributed by atoms with Gasteiger partial charge in [0.05, 0.1) is 16.3 Å². The van der Waals surface area contributed by atoms with Gasteiger partial charge in [0, 0.05) is 23.6 Å². The highest BCUT2D eigenvalue weighted by atomic mass is 35.5. The van der Waals surface area contributed by atoms with E-state index in [1.54, 1.807) is 16.7 Å². The van der Waals surface area contributed by atoms with Gasteiger partial charge in [-0.25, -0.2) is 9.18 Å². The lowest BCUT2D eigenvalue weighted by Gasteiger charge is -2.24. The van der Waals surface area contributed by atoms with Gasteiger partial charge in [-0.1, -0.05) is 24.6 Å². The molecule has 0 amide bonds. The number of nitrogens with zero attached hydrogens (tertiary/aromatic N) is 1. The first-order valence-corrected chi connectivity index (χ1v) is 10.6. The fourth-order valence-corrected chi connectivity index (χ4v) is 4.37. The van der Waals surface area contributed by atoms with Gasteiger partial charge in [-0.3, -0.25) is 0 Å². The predicted octanol–water partition coefficient (Wildman–Crippen LogP) is 5.80. The minimum absolute atomic E-state index is 0.0579. The van der Waals surface area contributed by atoms with E-state index in [4.69, 9.17) is 16.3 Å². The average molecular weight is 396 g/mol. The molecule has 1 aromatic rings. The first kappa shape index (κ1) is 19.3. The largest absolute Gasteiger partial charge is 0.458 e. The summed E-state index contributed by atoms with van der Waals surface area (Å²) in [4.78, 5) is 14.2. The summed E-state index contributed by atoms with van der Waals surface area (Å²) in [6.45, 7) is 5.99. The number of anilines is 1. The van der Waals surface area contributed by atoms with E-state index in [-0.39, 0.29) is 22.6 Å². The maximum Gasteiger partial charge on any atom is 0.340 e. The normalized spacial score (nSPS) is 20.6. The Kier molecular flexibility index (Phi) is 5.98. The lowest BCUT2D eigenvalue weighted by molar-refractivity contribution is 0.0386. The number of allylic oxidation sites excluding steroid dienone is 1. The van der Waals surface area contributed by atoms with Crippen molar-refractivity contribution in [3.05, 3.63) is 52.6 Å². The molecule has 3 nitrogen and oxygen atoms in total. The molecule has 0 aromatic heterocycles. The number of thioether (sulfide) groups is 1. The number of hydrogen-bond donors (Lipinski definition) is 0. The van der Waals surface area contributed by atoms with Gasteiger partial charge in [0.25, 0.3) is 0 Å². The maximum absolute atomic E-state index is 14.6. The summed E-state index contributed by atoms with van der Waals surface area (Å²) >= 11 is 7.71. The molecule has 2 aliphatic rings. The van der Waals surface area contributed by atoms with Gasteiger partial charge in [0.2, 0.25) is 0 Å². The van der Waals surface area contributed by atoms with Crippen LogP contribution in [0.25, 0.3) is 0 Å². The van der Waals surface area contributed by atoms with Gasteiger partial charge < -0.3 is 9.64 Å². The summed E-state index contributed by atoms with van der Waals surface area (Å²) in [5, 5.41) is 0.0579. The van der Waals surface area contributed by atoms with Crippen molar-refractivity contribution in [2.45, 2.75) is 38.7 Å². The van der Waals surface area contributed by atoms with Gasteiger partial charge in [-0.15, -0.1) is 0 Å². The van der Waals surface area contributed by atoms with E-state index in [2.05, 4.69) is 6.58 Å². The first-order valence-electron chi connectivity index (χ1n) is 8.80. The molecule has 2 unspecified atom stereocenters. The minimum atomic E-state index is -0.535. The van der Waals surface area contributed by atoms with Crippen LogP contribution in [0, 0.1) is 11.7 Å². The maximum atomic E-state index is 14.6. The molecule has 3 rings (SSSR count). The highest BCUT2D eigenvalue weighted by Crippen LogP contribution is 2.44. The molecule has 0 saturated heterocycles. The number of rotatable bonds is 5. The molecule has 0 bridgehead atoms. The van der Waals surface area contributed by atoms with Gasteiger partial charge >= 0.3 is 5.97 Å². The Bertz CT molecular complexity index is 764. The summed E-state index contributed by atoms with van der Waals surface area (Å²) in [5.74, 6) is -0.0439. The van der Waals surface area contributed by atoms with E-state index in [0.717, 1.165) is 31.4 Å². The van der Waals surface area contributed by atoms with Crippen LogP contribution in [0.1, 0.15) is 43.0 Å². The fourth-order valence-electron chi connectivity index (χ4n) is 3.61. The number of ether oxygens (including phenoxy) is 1. The van der Waals surface area contributed by atoms with E-state index in [0.29, 0.717) is 11.4 Å². The van der Waals surface area contributed by atoms with Crippen LogP contribution >= 0.6 is 23.4 Å². The van der Waals surface area contributed by atoms with Crippen LogP contribution in [0.4, 0.5) is 10.1 Å². The smallest absolute Gasteiger partial charge is 0.340 e. The second-order valence-corrected chi connectivity index (χ2v) is 8.14. The lowest BCUT2D eigenvalue weighted by atomic mass is 9.85. The summed E-state index contributed by atoms with van der Waals surface area (Å²) in [6, 6.07) is 2.66. The summed E-state index contributed by atoms with van der Waals surface area (Å²) < 4.78 is 20.0. The third kappa shape index (κ3) is 3.79. The Labute approximate surface area is 163 Å². The van der Waals surface area contributed by atoms with Crippen molar-refractivity contribution in [3.8, 4) is 0 Å². The Morgan fingerprint density at radius 2 is 2.27 bits per heavy atom. The lowest BCUT2D eigenvalue weighted by Crippen LogP contribution is -2.20. The molecular weight excluding hydrogens is 373 g/mol. The van der Waals surface area contributed by atoms with Gasteiger partial charge in [-0.05, 0) is 50.1 Å². The second kappa shape index (κ2) is 8.05. The van der Waals surface area contributed by atoms with Crippen LogP contribution in [0.5, 0.6) is 0 Å². The zero-order chi connectivity index (χ0) is 18.8. The highest BCUT2D eigenvalue weighted by molar-refractivity contribution is 7.98. The monoisotopic (exact) mass is 395 g/mol. The minimum Gasteiger partial charge on any atom is -0.458 e. The SMILES string of the molecule is C=C1C2CCCCC2=CN1c1cc(C(=O)OC(C)CSC)c(Cl)cc1F. The van der Waals surface area contributed by atoms with Gasteiger partial charge in [0.15, 0.2) is 0 Å². The predicted molar refractivity (Wildman–Crippen MR) is 106 cm³/mol. The van der Waals surface area contributed by atoms with Crippen LogP contribution < -0.4 is 4.90 Å². The van der Waals surface area contributed by atoms with Gasteiger partial charge in [-0.2, -0.15) is 11.8 Å². The van der Waals surface area contributed by atoms with Crippen molar-refractivity contribution >= 4 is 35.0 Å². The van der Waals surface area contributed by atoms with Crippen molar-refractivity contribution in [2.24, 2.45) is 5.92 Å². The van der Waals surface area contributed by atoms with Crippen LogP contribution in [0.3, 0.4) is 0 Å². The summed E-state index contributed by atoms with van der Waals surface area (Å²) in [7, 11) is 0. The molecule has 1 fully saturated rings. The number of carbonyl (C=O) groups is 1. The van der Waals surface area contributed by atoms with Crippen LogP contribution in [-0.2, 0) is 4.74 Å². The zero-order valence-electron chi connectivity index (χ0n) is 15.1. The van der Waals surface area contributed by atoms with Gasteiger partial charge in [0.1, 0.15) is 11.9 Å². The second-order valence-electron chi connectivity index (χ2n) is 6.82. The Morgan fingerprint density at radius 1 is 1.50 bits per heavy atom. The first-order chi connectivity index (χ1) is 12.4. The molecule has 1 heterocycles. The molecular formula is C20H23ClFNO2S. The Balaban J connectivity index is 1.90. The van der Waals surface area contributed by atoms with Crippen LogP contribution in [0.2, 0.25) is 5.02 Å². The standard InChI is InChI=1S/C20H23ClFNO2S/c1-12(11-26-3)25-20(24)16-8-19(18(22)9-17(16)21)23-10-14-6-4-5-7-15(14)13(23)2/h8-10,12,15H,2,4-7,11H2,1,3H3. The number of carbonyl (C=O) groups excluding carboxylic acids is 1. The molecule has 1 aliphatic heterocycles. The molecule has 140 valence electrons. The third-order valence-corrected chi connectivity index (χ3v) is 6.00. The molecule has 2 atom stereocenters. The zero-order valence-corrected chi connectivity index (χ0v) is 16.6. The number of esters is 1. The molecule has 0 radical (unpaired) electrons.